The number of hydrogen-bond donors (Lipinski definition) is 0. The smallest absolute Gasteiger partial charge is 0.0159 e. The van der Waals surface area contributed by atoms with Crippen molar-refractivity contribution in [1.29, 1.82) is 0 Å². The van der Waals surface area contributed by atoms with E-state index in [2.05, 4.69) is 119 Å². The monoisotopic (exact) mass is 436 g/mol. The lowest BCUT2D eigenvalue weighted by Gasteiger charge is -2.23. The van der Waals surface area contributed by atoms with Crippen LogP contribution >= 0.6 is 0 Å². The van der Waals surface area contributed by atoms with Gasteiger partial charge in [0.2, 0.25) is 0 Å². The lowest BCUT2D eigenvalue weighted by Crippen LogP contribution is -2.15. The van der Waals surface area contributed by atoms with E-state index in [0.717, 1.165) is 0 Å². The molecule has 0 nitrogen and oxygen atoms in total. The summed E-state index contributed by atoms with van der Waals surface area (Å²) in [6, 6.07) is 34.5. The van der Waals surface area contributed by atoms with E-state index in [0.29, 0.717) is 5.92 Å². The zero-order valence-electron chi connectivity index (χ0n) is 20.2. The van der Waals surface area contributed by atoms with E-state index in [-0.39, 0.29) is 5.41 Å². The molecule has 0 atom stereocenters. The Morgan fingerprint density at radius 2 is 1.12 bits per heavy atom. The van der Waals surface area contributed by atoms with Crippen LogP contribution in [0.3, 0.4) is 0 Å². The fraction of sp³-hybridized carbons (Fsp3) is 0.176. The Hall–Kier alpha value is -3.64. The van der Waals surface area contributed by atoms with Gasteiger partial charge in [-0.1, -0.05) is 113 Å². The van der Waals surface area contributed by atoms with Gasteiger partial charge in [0, 0.05) is 5.41 Å². The van der Waals surface area contributed by atoms with Crippen LogP contribution in [0.5, 0.6) is 0 Å². The standard InChI is InChI=1S/C34H28/c1-20(2)21-12-14-26-27-15-13-22(19-32(27)34(3,4)31(26)18-21)23-16-17-30-25-9-6-5-8-24(25)29-11-7-10-28(23)33(29)30/h5-20H,1-4H3. The van der Waals surface area contributed by atoms with E-state index in [1.165, 1.54) is 72.0 Å². The minimum Gasteiger partial charge on any atom is -0.0616 e. The van der Waals surface area contributed by atoms with Crippen molar-refractivity contribution >= 4 is 10.8 Å². The molecule has 164 valence electrons. The zero-order valence-corrected chi connectivity index (χ0v) is 20.2. The molecule has 0 fully saturated rings. The summed E-state index contributed by atoms with van der Waals surface area (Å²) in [5, 5.41) is 2.74. The van der Waals surface area contributed by atoms with Gasteiger partial charge in [-0.25, -0.2) is 0 Å². The Kier molecular flexibility index (Phi) is 3.90. The predicted molar refractivity (Wildman–Crippen MR) is 145 cm³/mol. The van der Waals surface area contributed by atoms with Crippen LogP contribution in [0.15, 0.2) is 91.0 Å². The molecular weight excluding hydrogens is 408 g/mol. The van der Waals surface area contributed by atoms with Crippen molar-refractivity contribution in [2.24, 2.45) is 0 Å². The normalized spacial score (nSPS) is 14.4. The summed E-state index contributed by atoms with van der Waals surface area (Å²) < 4.78 is 0. The summed E-state index contributed by atoms with van der Waals surface area (Å²) in [6.07, 6.45) is 0. The molecule has 2 aliphatic carbocycles. The second-order valence-corrected chi connectivity index (χ2v) is 10.8. The molecule has 5 aromatic carbocycles. The molecule has 2 aliphatic rings. The molecule has 0 aromatic heterocycles. The summed E-state index contributed by atoms with van der Waals surface area (Å²) in [4.78, 5) is 0. The average molecular weight is 437 g/mol. The third-order valence-electron chi connectivity index (χ3n) is 8.23. The Balaban J connectivity index is 1.43. The molecule has 0 aliphatic heterocycles. The van der Waals surface area contributed by atoms with E-state index < -0.39 is 0 Å². The maximum atomic E-state index is 2.45. The molecule has 0 amide bonds. The van der Waals surface area contributed by atoms with Gasteiger partial charge in [0.15, 0.2) is 0 Å². The van der Waals surface area contributed by atoms with Gasteiger partial charge in [0.05, 0.1) is 0 Å². The van der Waals surface area contributed by atoms with Crippen molar-refractivity contribution in [3.8, 4) is 44.5 Å². The fourth-order valence-corrected chi connectivity index (χ4v) is 6.34. The summed E-state index contributed by atoms with van der Waals surface area (Å²) in [7, 11) is 0. The Labute approximate surface area is 201 Å². The Morgan fingerprint density at radius 3 is 1.85 bits per heavy atom. The van der Waals surface area contributed by atoms with Gasteiger partial charge in [0.1, 0.15) is 0 Å². The first-order chi connectivity index (χ1) is 16.4. The molecular formula is C34H28. The molecule has 5 aromatic rings. The van der Waals surface area contributed by atoms with Crippen molar-refractivity contribution < 1.29 is 0 Å². The molecule has 7 rings (SSSR count). The molecule has 0 radical (unpaired) electrons. The molecule has 0 saturated heterocycles. The maximum absolute atomic E-state index is 2.45. The number of benzene rings is 5. The highest BCUT2D eigenvalue weighted by molar-refractivity contribution is 6.18. The van der Waals surface area contributed by atoms with E-state index in [9.17, 15) is 0 Å². The highest BCUT2D eigenvalue weighted by Gasteiger charge is 2.36. The van der Waals surface area contributed by atoms with Crippen LogP contribution in [-0.2, 0) is 5.41 Å². The molecule has 0 unspecified atom stereocenters. The molecule has 0 saturated carbocycles. The van der Waals surface area contributed by atoms with E-state index in [1.54, 1.807) is 0 Å². The largest absolute Gasteiger partial charge is 0.0616 e. The van der Waals surface area contributed by atoms with Gasteiger partial charge in [-0.2, -0.15) is 0 Å². The topological polar surface area (TPSA) is 0 Å². The molecule has 0 N–H and O–H groups in total. The van der Waals surface area contributed by atoms with Crippen molar-refractivity contribution in [1.82, 2.24) is 0 Å². The molecule has 0 bridgehead atoms. The summed E-state index contributed by atoms with van der Waals surface area (Å²) in [5.41, 5.74) is 15.2. The first kappa shape index (κ1) is 19.8. The van der Waals surface area contributed by atoms with Gasteiger partial charge in [0.25, 0.3) is 0 Å². The van der Waals surface area contributed by atoms with Crippen LogP contribution in [0.1, 0.15) is 50.3 Å². The van der Waals surface area contributed by atoms with Gasteiger partial charge in [-0.15, -0.1) is 0 Å². The van der Waals surface area contributed by atoms with Gasteiger partial charge in [-0.05, 0) is 84.0 Å². The molecule has 34 heavy (non-hydrogen) atoms. The lowest BCUT2D eigenvalue weighted by atomic mass is 9.80. The Bertz CT molecular complexity index is 1620. The van der Waals surface area contributed by atoms with Crippen molar-refractivity contribution in [3.05, 3.63) is 108 Å². The van der Waals surface area contributed by atoms with Gasteiger partial charge < -0.3 is 0 Å². The van der Waals surface area contributed by atoms with E-state index >= 15 is 0 Å². The molecule has 0 spiro atoms. The number of fused-ring (bicyclic) bond motifs is 6. The predicted octanol–water partition coefficient (Wildman–Crippen LogP) is 9.58. The SMILES string of the molecule is CC(C)c1ccc2c(c1)C(C)(C)c1cc(-c3ccc4c5c(cccc35)-c3ccccc3-4)ccc1-2. The first-order valence-electron chi connectivity index (χ1n) is 12.4. The molecule has 0 heterocycles. The minimum atomic E-state index is -0.00330. The second kappa shape index (κ2) is 6.70. The van der Waals surface area contributed by atoms with Crippen LogP contribution in [0.4, 0.5) is 0 Å². The molecule has 0 heteroatoms. The number of rotatable bonds is 2. The lowest BCUT2D eigenvalue weighted by molar-refractivity contribution is 0.658. The average Bonchev–Trinajstić information content (AvgIpc) is 3.30. The first-order valence-corrected chi connectivity index (χ1v) is 12.4. The number of hydrogen-bond acceptors (Lipinski definition) is 0. The third kappa shape index (κ3) is 2.49. The second-order valence-electron chi connectivity index (χ2n) is 10.8. The van der Waals surface area contributed by atoms with Crippen molar-refractivity contribution in [3.63, 3.8) is 0 Å². The fourth-order valence-electron chi connectivity index (χ4n) is 6.34. The highest BCUT2D eigenvalue weighted by atomic mass is 14.4. The summed E-state index contributed by atoms with van der Waals surface area (Å²) in [5.74, 6) is 0.540. The Morgan fingerprint density at radius 1 is 0.529 bits per heavy atom. The van der Waals surface area contributed by atoms with Gasteiger partial charge >= 0.3 is 0 Å². The maximum Gasteiger partial charge on any atom is 0.0159 e. The van der Waals surface area contributed by atoms with Crippen LogP contribution in [0, 0.1) is 0 Å². The highest BCUT2D eigenvalue weighted by Crippen LogP contribution is 2.52. The van der Waals surface area contributed by atoms with Crippen LogP contribution in [0.2, 0.25) is 0 Å². The zero-order chi connectivity index (χ0) is 23.2. The van der Waals surface area contributed by atoms with E-state index in [1.807, 2.05) is 0 Å². The summed E-state index contributed by atoms with van der Waals surface area (Å²) in [6.45, 7) is 9.33. The van der Waals surface area contributed by atoms with E-state index in [4.69, 9.17) is 0 Å². The van der Waals surface area contributed by atoms with Crippen molar-refractivity contribution in [2.45, 2.75) is 39.0 Å². The third-order valence-corrected chi connectivity index (χ3v) is 8.23. The van der Waals surface area contributed by atoms with Crippen molar-refractivity contribution in [2.75, 3.05) is 0 Å². The summed E-state index contributed by atoms with van der Waals surface area (Å²) >= 11 is 0. The van der Waals surface area contributed by atoms with Gasteiger partial charge in [-0.3, -0.25) is 0 Å². The quantitative estimate of drug-likeness (QED) is 0.253. The van der Waals surface area contributed by atoms with Crippen LogP contribution < -0.4 is 0 Å². The minimum absolute atomic E-state index is 0.00330. The van der Waals surface area contributed by atoms with Crippen LogP contribution in [-0.4, -0.2) is 0 Å². The van der Waals surface area contributed by atoms with Crippen LogP contribution in [0.25, 0.3) is 55.3 Å².